The fraction of sp³-hybridized carbons (Fsp3) is 0.632. The van der Waals surface area contributed by atoms with Crippen LogP contribution in [0.3, 0.4) is 0 Å². The highest BCUT2D eigenvalue weighted by Gasteiger charge is 2.43. The molecule has 4 nitrogen and oxygen atoms in total. The van der Waals surface area contributed by atoms with E-state index in [-0.39, 0.29) is 24.0 Å². The minimum Gasteiger partial charge on any atom is -0.381 e. The first-order valence-corrected chi connectivity index (χ1v) is 9.84. The predicted octanol–water partition coefficient (Wildman–Crippen LogP) is 3.86. The second-order valence-electron chi connectivity index (χ2n) is 6.88. The van der Waals surface area contributed by atoms with Crippen LogP contribution in [-0.2, 0) is 4.74 Å². The summed E-state index contributed by atoms with van der Waals surface area (Å²) in [6.07, 6.45) is 3.68. The number of rotatable bonds is 7. The average Bonchev–Trinajstić information content (AvgIpc) is 3.15. The van der Waals surface area contributed by atoms with Crippen molar-refractivity contribution in [3.8, 4) is 0 Å². The highest BCUT2D eigenvalue weighted by molar-refractivity contribution is 14.0. The van der Waals surface area contributed by atoms with Crippen molar-refractivity contribution in [3.05, 3.63) is 30.3 Å². The van der Waals surface area contributed by atoms with E-state index in [2.05, 4.69) is 54.5 Å². The number of ether oxygens (including phenoxy) is 1. The summed E-state index contributed by atoms with van der Waals surface area (Å²) >= 11 is 1.99. The monoisotopic (exact) mass is 475 g/mol. The quantitative estimate of drug-likeness (QED) is 0.369. The SMILES string of the molecule is CCNC(=NCC1(Sc2ccccc2)CC1)N(C)CC1CCOC1.I. The zero-order chi connectivity index (χ0) is 16.8. The Morgan fingerprint density at radius 3 is 2.72 bits per heavy atom. The fourth-order valence-electron chi connectivity index (χ4n) is 3.06. The van der Waals surface area contributed by atoms with E-state index in [0.29, 0.717) is 10.7 Å². The standard InChI is InChI=1S/C19H29N3OS.HI/c1-3-20-18(22(2)13-16-9-12-23-14-16)21-15-19(10-11-19)24-17-7-5-4-6-8-17;/h4-8,16H,3,9-15H2,1-2H3,(H,20,21);1H. The van der Waals surface area contributed by atoms with E-state index < -0.39 is 0 Å². The number of guanidine groups is 1. The highest BCUT2D eigenvalue weighted by Crippen LogP contribution is 2.51. The molecular weight excluding hydrogens is 445 g/mol. The molecule has 0 radical (unpaired) electrons. The molecule has 1 aromatic rings. The predicted molar refractivity (Wildman–Crippen MR) is 117 cm³/mol. The van der Waals surface area contributed by atoms with E-state index in [9.17, 15) is 0 Å². The first-order chi connectivity index (χ1) is 11.7. The molecule has 0 amide bonds. The van der Waals surface area contributed by atoms with Crippen LogP contribution in [0.15, 0.2) is 40.2 Å². The summed E-state index contributed by atoms with van der Waals surface area (Å²) in [5.74, 6) is 1.66. The number of thioether (sulfide) groups is 1. The van der Waals surface area contributed by atoms with Crippen LogP contribution >= 0.6 is 35.7 Å². The van der Waals surface area contributed by atoms with Gasteiger partial charge in [0.05, 0.1) is 13.2 Å². The molecule has 1 saturated heterocycles. The zero-order valence-corrected chi connectivity index (χ0v) is 18.4. The number of aliphatic imine (C=N–C) groups is 1. The van der Waals surface area contributed by atoms with Crippen molar-refractivity contribution in [1.82, 2.24) is 10.2 Å². The maximum absolute atomic E-state index is 5.50. The maximum atomic E-state index is 5.50. The van der Waals surface area contributed by atoms with Crippen molar-refractivity contribution in [3.63, 3.8) is 0 Å². The number of benzene rings is 1. The lowest BCUT2D eigenvalue weighted by Crippen LogP contribution is -2.42. The minimum absolute atomic E-state index is 0. The van der Waals surface area contributed by atoms with Crippen molar-refractivity contribution in [1.29, 1.82) is 0 Å². The molecule has 1 N–H and O–H groups in total. The van der Waals surface area contributed by atoms with Gasteiger partial charge in [0, 0.05) is 42.3 Å². The molecule has 1 aliphatic heterocycles. The highest BCUT2D eigenvalue weighted by atomic mass is 127. The van der Waals surface area contributed by atoms with Crippen molar-refractivity contribution < 1.29 is 4.74 Å². The summed E-state index contributed by atoms with van der Waals surface area (Å²) < 4.78 is 5.80. The van der Waals surface area contributed by atoms with E-state index in [4.69, 9.17) is 9.73 Å². The number of hydrogen-bond donors (Lipinski definition) is 1. The first kappa shape index (κ1) is 20.8. The third kappa shape index (κ3) is 6.32. The molecule has 1 unspecified atom stereocenters. The van der Waals surface area contributed by atoms with Gasteiger partial charge in [0.15, 0.2) is 5.96 Å². The van der Waals surface area contributed by atoms with Gasteiger partial charge in [-0.25, -0.2) is 0 Å². The summed E-state index contributed by atoms with van der Waals surface area (Å²) in [5, 5.41) is 3.45. The normalized spacial score (nSPS) is 21.5. The van der Waals surface area contributed by atoms with E-state index in [0.717, 1.165) is 45.2 Å². The van der Waals surface area contributed by atoms with E-state index >= 15 is 0 Å². The maximum Gasteiger partial charge on any atom is 0.193 e. The van der Waals surface area contributed by atoms with Crippen LogP contribution < -0.4 is 5.32 Å². The molecule has 2 aliphatic rings. The Morgan fingerprint density at radius 1 is 1.36 bits per heavy atom. The Balaban J connectivity index is 0.00000225. The van der Waals surface area contributed by atoms with Gasteiger partial charge in [-0.05, 0) is 38.3 Å². The van der Waals surface area contributed by atoms with Gasteiger partial charge >= 0.3 is 0 Å². The molecular formula is C19H30IN3OS. The molecule has 1 aromatic carbocycles. The lowest BCUT2D eigenvalue weighted by atomic mass is 10.1. The molecule has 0 aromatic heterocycles. The summed E-state index contributed by atoms with van der Waals surface area (Å²) in [7, 11) is 2.14. The molecule has 1 saturated carbocycles. The van der Waals surface area contributed by atoms with Crippen LogP contribution in [0.25, 0.3) is 0 Å². The number of hydrogen-bond acceptors (Lipinski definition) is 3. The zero-order valence-electron chi connectivity index (χ0n) is 15.2. The molecule has 25 heavy (non-hydrogen) atoms. The third-order valence-corrected chi connectivity index (χ3v) is 6.13. The Hall–Kier alpha value is -0.470. The molecule has 3 rings (SSSR count). The van der Waals surface area contributed by atoms with Gasteiger partial charge < -0.3 is 15.0 Å². The van der Waals surface area contributed by atoms with Gasteiger partial charge in [-0.1, -0.05) is 18.2 Å². The molecule has 1 atom stereocenters. The van der Waals surface area contributed by atoms with Crippen LogP contribution in [-0.4, -0.2) is 55.5 Å². The Bertz CT molecular complexity index is 545. The van der Waals surface area contributed by atoms with Gasteiger partial charge in [-0.2, -0.15) is 0 Å². The van der Waals surface area contributed by atoms with Crippen molar-refractivity contribution in [2.24, 2.45) is 10.9 Å². The summed E-state index contributed by atoms with van der Waals surface area (Å²) in [4.78, 5) is 8.58. The molecule has 0 spiro atoms. The van der Waals surface area contributed by atoms with E-state index in [1.54, 1.807) is 0 Å². The first-order valence-electron chi connectivity index (χ1n) is 9.02. The minimum atomic E-state index is 0. The lowest BCUT2D eigenvalue weighted by molar-refractivity contribution is 0.181. The molecule has 140 valence electrons. The topological polar surface area (TPSA) is 36.9 Å². The van der Waals surface area contributed by atoms with Crippen LogP contribution in [0, 0.1) is 5.92 Å². The molecule has 0 bridgehead atoms. The van der Waals surface area contributed by atoms with Gasteiger partial charge in [0.2, 0.25) is 0 Å². The van der Waals surface area contributed by atoms with Crippen LogP contribution in [0.2, 0.25) is 0 Å². The summed E-state index contributed by atoms with van der Waals surface area (Å²) in [6.45, 7) is 6.74. The lowest BCUT2D eigenvalue weighted by Gasteiger charge is -2.25. The summed E-state index contributed by atoms with van der Waals surface area (Å²) in [6, 6.07) is 10.7. The number of halogens is 1. The molecule has 1 heterocycles. The molecule has 6 heteroatoms. The second kappa shape index (κ2) is 10.0. The number of nitrogens with zero attached hydrogens (tertiary/aromatic N) is 2. The van der Waals surface area contributed by atoms with Gasteiger partial charge in [-0.3, -0.25) is 4.99 Å². The van der Waals surface area contributed by atoms with Crippen LogP contribution in [0.4, 0.5) is 0 Å². The Labute approximate surface area is 173 Å². The van der Waals surface area contributed by atoms with Crippen LogP contribution in [0.1, 0.15) is 26.2 Å². The molecule has 2 fully saturated rings. The van der Waals surface area contributed by atoms with Crippen molar-refractivity contribution in [2.45, 2.75) is 35.8 Å². The van der Waals surface area contributed by atoms with Gasteiger partial charge in [-0.15, -0.1) is 35.7 Å². The fourth-order valence-corrected chi connectivity index (χ4v) is 4.29. The Morgan fingerprint density at radius 2 is 2.12 bits per heavy atom. The van der Waals surface area contributed by atoms with E-state index in [1.165, 1.54) is 17.7 Å². The van der Waals surface area contributed by atoms with Gasteiger partial charge in [0.25, 0.3) is 0 Å². The smallest absolute Gasteiger partial charge is 0.193 e. The van der Waals surface area contributed by atoms with E-state index in [1.807, 2.05) is 11.8 Å². The number of nitrogens with one attached hydrogen (secondary N) is 1. The third-order valence-electron chi connectivity index (χ3n) is 4.65. The van der Waals surface area contributed by atoms with Crippen molar-refractivity contribution in [2.75, 3.05) is 39.9 Å². The summed E-state index contributed by atoms with van der Waals surface area (Å²) in [5.41, 5.74) is 0. The van der Waals surface area contributed by atoms with Crippen molar-refractivity contribution >= 4 is 41.7 Å². The second-order valence-corrected chi connectivity index (χ2v) is 8.42. The van der Waals surface area contributed by atoms with Crippen LogP contribution in [0.5, 0.6) is 0 Å². The largest absolute Gasteiger partial charge is 0.381 e. The van der Waals surface area contributed by atoms with Gasteiger partial charge in [0.1, 0.15) is 0 Å². The average molecular weight is 475 g/mol. The molecule has 1 aliphatic carbocycles. The Kier molecular flexibility index (Phi) is 8.35.